The number of amidine groups is 1. The fraction of sp³-hybridized carbons (Fsp3) is 0.500. The van der Waals surface area contributed by atoms with Crippen LogP contribution in [-0.4, -0.2) is 24.3 Å². The van der Waals surface area contributed by atoms with Crippen LogP contribution in [0.25, 0.3) is 0 Å². The van der Waals surface area contributed by atoms with Crippen LogP contribution in [0.2, 0.25) is 0 Å². The minimum atomic E-state index is -0.389. The molecule has 0 aliphatic carbocycles. The van der Waals surface area contributed by atoms with Gasteiger partial charge in [-0.15, -0.1) is 0 Å². The van der Waals surface area contributed by atoms with Crippen LogP contribution in [-0.2, 0) is 0 Å². The van der Waals surface area contributed by atoms with E-state index in [-0.39, 0.29) is 11.3 Å². The van der Waals surface area contributed by atoms with Crippen LogP contribution in [0, 0.1) is 5.41 Å². The SMILES string of the molecule is CCOc1ccc(OCCC(C)(C)C(N)=NO)cc1. The van der Waals surface area contributed by atoms with E-state index in [2.05, 4.69) is 5.16 Å². The summed E-state index contributed by atoms with van der Waals surface area (Å²) >= 11 is 0. The van der Waals surface area contributed by atoms with Gasteiger partial charge in [0.25, 0.3) is 0 Å². The van der Waals surface area contributed by atoms with Crippen molar-refractivity contribution in [2.45, 2.75) is 27.2 Å². The Morgan fingerprint density at radius 3 is 2.21 bits per heavy atom. The summed E-state index contributed by atoms with van der Waals surface area (Å²) in [5.74, 6) is 1.81. The summed E-state index contributed by atoms with van der Waals surface area (Å²) in [6, 6.07) is 7.46. The van der Waals surface area contributed by atoms with Gasteiger partial charge in [0.05, 0.1) is 13.2 Å². The van der Waals surface area contributed by atoms with Gasteiger partial charge in [0, 0.05) is 5.41 Å². The summed E-state index contributed by atoms with van der Waals surface area (Å²) in [4.78, 5) is 0. The molecular formula is C14H22N2O3. The van der Waals surface area contributed by atoms with Crippen molar-refractivity contribution in [2.75, 3.05) is 13.2 Å². The minimum absolute atomic E-state index is 0.211. The van der Waals surface area contributed by atoms with E-state index in [1.54, 1.807) is 0 Å². The molecule has 0 spiro atoms. The van der Waals surface area contributed by atoms with E-state index in [9.17, 15) is 0 Å². The van der Waals surface area contributed by atoms with Crippen molar-refractivity contribution in [2.24, 2.45) is 16.3 Å². The Morgan fingerprint density at radius 2 is 1.74 bits per heavy atom. The smallest absolute Gasteiger partial charge is 0.144 e. The van der Waals surface area contributed by atoms with Crippen molar-refractivity contribution in [1.82, 2.24) is 0 Å². The van der Waals surface area contributed by atoms with Gasteiger partial charge >= 0.3 is 0 Å². The lowest BCUT2D eigenvalue weighted by atomic mass is 9.88. The first kappa shape index (κ1) is 15.1. The van der Waals surface area contributed by atoms with E-state index in [4.69, 9.17) is 20.4 Å². The number of nitrogens with two attached hydrogens (primary N) is 1. The number of hydrogen-bond donors (Lipinski definition) is 2. The van der Waals surface area contributed by atoms with Gasteiger partial charge in [0.15, 0.2) is 0 Å². The van der Waals surface area contributed by atoms with Crippen molar-refractivity contribution in [3.05, 3.63) is 24.3 Å². The van der Waals surface area contributed by atoms with Gasteiger partial charge in [-0.05, 0) is 37.6 Å². The number of nitrogens with zero attached hydrogens (tertiary/aromatic N) is 1. The van der Waals surface area contributed by atoms with E-state index in [0.717, 1.165) is 11.5 Å². The molecular weight excluding hydrogens is 244 g/mol. The molecule has 0 aliphatic rings. The zero-order valence-electron chi connectivity index (χ0n) is 11.7. The third kappa shape index (κ3) is 4.69. The summed E-state index contributed by atoms with van der Waals surface area (Å²) in [6.45, 7) is 6.90. The van der Waals surface area contributed by atoms with Crippen molar-refractivity contribution in [3.8, 4) is 11.5 Å². The molecule has 3 N–H and O–H groups in total. The Bertz CT molecular complexity index is 413. The number of hydrogen-bond acceptors (Lipinski definition) is 4. The van der Waals surface area contributed by atoms with Crippen LogP contribution in [0.1, 0.15) is 27.2 Å². The molecule has 0 radical (unpaired) electrons. The molecule has 0 heterocycles. The van der Waals surface area contributed by atoms with Crippen molar-refractivity contribution < 1.29 is 14.7 Å². The van der Waals surface area contributed by atoms with Gasteiger partial charge in [-0.2, -0.15) is 0 Å². The van der Waals surface area contributed by atoms with Crippen LogP contribution < -0.4 is 15.2 Å². The maximum absolute atomic E-state index is 8.68. The average Bonchev–Trinajstić information content (AvgIpc) is 2.40. The number of ether oxygens (including phenoxy) is 2. The third-order valence-corrected chi connectivity index (χ3v) is 2.93. The topological polar surface area (TPSA) is 77.1 Å². The summed E-state index contributed by atoms with van der Waals surface area (Å²) in [5.41, 5.74) is 5.22. The highest BCUT2D eigenvalue weighted by atomic mass is 16.5. The van der Waals surface area contributed by atoms with Crippen LogP contribution in [0.4, 0.5) is 0 Å². The Hall–Kier alpha value is -1.91. The molecule has 0 bridgehead atoms. The van der Waals surface area contributed by atoms with Gasteiger partial charge in [-0.25, -0.2) is 0 Å². The number of rotatable bonds is 7. The Kier molecular flexibility index (Phi) is 5.48. The number of oxime groups is 1. The second kappa shape index (κ2) is 6.87. The highest BCUT2D eigenvalue weighted by Gasteiger charge is 2.23. The molecule has 5 heteroatoms. The van der Waals surface area contributed by atoms with Crippen molar-refractivity contribution >= 4 is 5.84 Å². The molecule has 0 aromatic heterocycles. The zero-order chi connectivity index (χ0) is 14.3. The second-order valence-corrected chi connectivity index (χ2v) is 4.87. The molecule has 0 saturated heterocycles. The van der Waals surface area contributed by atoms with Crippen LogP contribution in [0.5, 0.6) is 11.5 Å². The Balaban J connectivity index is 2.45. The van der Waals surface area contributed by atoms with Crippen molar-refractivity contribution in [1.29, 1.82) is 0 Å². The molecule has 0 saturated carbocycles. The summed E-state index contributed by atoms with van der Waals surface area (Å²) in [7, 11) is 0. The fourth-order valence-corrected chi connectivity index (χ4v) is 1.49. The zero-order valence-corrected chi connectivity index (χ0v) is 11.7. The molecule has 0 amide bonds. The molecule has 0 aliphatic heterocycles. The van der Waals surface area contributed by atoms with Gasteiger partial charge in [0.2, 0.25) is 0 Å². The number of benzene rings is 1. The van der Waals surface area contributed by atoms with E-state index in [1.165, 1.54) is 0 Å². The van der Waals surface area contributed by atoms with Crippen molar-refractivity contribution in [3.63, 3.8) is 0 Å². The Labute approximate surface area is 114 Å². The quantitative estimate of drug-likeness (QED) is 0.344. The maximum atomic E-state index is 8.68. The molecule has 1 aromatic carbocycles. The lowest BCUT2D eigenvalue weighted by molar-refractivity contribution is 0.259. The predicted octanol–water partition coefficient (Wildman–Crippen LogP) is 2.63. The summed E-state index contributed by atoms with van der Waals surface area (Å²) in [5, 5.41) is 11.7. The molecule has 0 fully saturated rings. The fourth-order valence-electron chi connectivity index (χ4n) is 1.49. The first-order valence-electron chi connectivity index (χ1n) is 6.33. The predicted molar refractivity (Wildman–Crippen MR) is 74.9 cm³/mol. The first-order chi connectivity index (χ1) is 8.99. The molecule has 1 rings (SSSR count). The van der Waals surface area contributed by atoms with Gasteiger partial charge in [0.1, 0.15) is 17.3 Å². The molecule has 106 valence electrons. The van der Waals surface area contributed by atoms with Gasteiger partial charge in [-0.1, -0.05) is 19.0 Å². The van der Waals surface area contributed by atoms with E-state index < -0.39 is 0 Å². The summed E-state index contributed by atoms with van der Waals surface area (Å²) < 4.78 is 11.0. The second-order valence-electron chi connectivity index (χ2n) is 4.87. The van der Waals surface area contributed by atoms with E-state index in [0.29, 0.717) is 19.6 Å². The lowest BCUT2D eigenvalue weighted by Gasteiger charge is -2.22. The first-order valence-corrected chi connectivity index (χ1v) is 6.33. The molecule has 0 atom stereocenters. The molecule has 1 aromatic rings. The Morgan fingerprint density at radius 1 is 1.21 bits per heavy atom. The molecule has 19 heavy (non-hydrogen) atoms. The highest BCUT2D eigenvalue weighted by molar-refractivity contribution is 5.85. The van der Waals surface area contributed by atoms with Gasteiger partial charge in [-0.3, -0.25) is 0 Å². The third-order valence-electron chi connectivity index (χ3n) is 2.93. The van der Waals surface area contributed by atoms with E-state index >= 15 is 0 Å². The average molecular weight is 266 g/mol. The molecule has 5 nitrogen and oxygen atoms in total. The minimum Gasteiger partial charge on any atom is -0.494 e. The maximum Gasteiger partial charge on any atom is 0.144 e. The largest absolute Gasteiger partial charge is 0.494 e. The normalized spacial score (nSPS) is 12.3. The van der Waals surface area contributed by atoms with E-state index in [1.807, 2.05) is 45.0 Å². The molecule has 0 unspecified atom stereocenters. The van der Waals surface area contributed by atoms with Crippen LogP contribution in [0.3, 0.4) is 0 Å². The van der Waals surface area contributed by atoms with Crippen LogP contribution in [0.15, 0.2) is 29.4 Å². The summed E-state index contributed by atoms with van der Waals surface area (Å²) in [6.07, 6.45) is 0.663. The van der Waals surface area contributed by atoms with Gasteiger partial charge < -0.3 is 20.4 Å². The highest BCUT2D eigenvalue weighted by Crippen LogP contribution is 2.22. The standard InChI is InChI=1S/C14H22N2O3/c1-4-18-11-5-7-12(8-6-11)19-10-9-14(2,3)13(15)16-17/h5-8,17H,4,9-10H2,1-3H3,(H2,15,16). The van der Waals surface area contributed by atoms with Crippen LogP contribution >= 0.6 is 0 Å². The lowest BCUT2D eigenvalue weighted by Crippen LogP contribution is -2.33. The monoisotopic (exact) mass is 266 g/mol.